The van der Waals surface area contributed by atoms with Gasteiger partial charge in [-0.2, -0.15) is 0 Å². The van der Waals surface area contributed by atoms with Crippen LogP contribution in [-0.4, -0.2) is 16.9 Å². The number of carbonyl (C=O) groups is 1. The molecule has 4 heteroatoms. The first kappa shape index (κ1) is 10.6. The molecule has 0 aliphatic heterocycles. The molecule has 0 saturated heterocycles. The van der Waals surface area contributed by atoms with Gasteiger partial charge in [0, 0.05) is 12.2 Å². The predicted octanol–water partition coefficient (Wildman–Crippen LogP) is 1.67. The molecule has 0 unspecified atom stereocenters. The van der Waals surface area contributed by atoms with Gasteiger partial charge in [0.05, 0.1) is 0 Å². The van der Waals surface area contributed by atoms with Crippen molar-refractivity contribution < 1.29 is 9.18 Å². The van der Waals surface area contributed by atoms with Gasteiger partial charge in [-0.15, -0.1) is 0 Å². The first-order valence-electron chi connectivity index (χ1n) is 4.43. The van der Waals surface area contributed by atoms with E-state index in [-0.39, 0.29) is 11.7 Å². The minimum atomic E-state index is -0.580. The van der Waals surface area contributed by atoms with Gasteiger partial charge < -0.3 is 5.32 Å². The van der Waals surface area contributed by atoms with E-state index in [1.54, 1.807) is 6.92 Å². The predicted molar refractivity (Wildman–Crippen MR) is 51.5 cm³/mol. The van der Waals surface area contributed by atoms with Crippen molar-refractivity contribution in [1.82, 2.24) is 10.3 Å². The first-order valence-corrected chi connectivity index (χ1v) is 4.43. The Morgan fingerprint density at radius 2 is 2.21 bits per heavy atom. The van der Waals surface area contributed by atoms with E-state index in [0.29, 0.717) is 5.56 Å². The van der Waals surface area contributed by atoms with E-state index in [2.05, 4.69) is 10.3 Å². The van der Waals surface area contributed by atoms with Crippen LogP contribution in [0.5, 0.6) is 0 Å². The molecule has 1 aromatic rings. The Morgan fingerprint density at radius 1 is 1.57 bits per heavy atom. The number of aromatic nitrogens is 1. The summed E-state index contributed by atoms with van der Waals surface area (Å²) in [4.78, 5) is 15.1. The zero-order chi connectivity index (χ0) is 10.7. The fourth-order valence-electron chi connectivity index (χ4n) is 1.03. The average Bonchev–Trinajstić information content (AvgIpc) is 2.01. The summed E-state index contributed by atoms with van der Waals surface area (Å²) >= 11 is 0. The molecule has 1 rings (SSSR count). The quantitative estimate of drug-likeness (QED) is 0.781. The van der Waals surface area contributed by atoms with Crippen LogP contribution < -0.4 is 5.32 Å². The molecule has 0 aliphatic rings. The van der Waals surface area contributed by atoms with Crippen LogP contribution in [0.1, 0.15) is 29.9 Å². The molecule has 1 aromatic heterocycles. The van der Waals surface area contributed by atoms with Crippen LogP contribution in [0.15, 0.2) is 12.3 Å². The molecular formula is C10H13FN2O. The van der Waals surface area contributed by atoms with Gasteiger partial charge in [-0.1, -0.05) is 0 Å². The Morgan fingerprint density at radius 3 is 2.71 bits per heavy atom. The molecule has 1 N–H and O–H groups in total. The highest BCUT2D eigenvalue weighted by Gasteiger charge is 2.13. The van der Waals surface area contributed by atoms with Gasteiger partial charge in [-0.3, -0.25) is 4.79 Å². The molecule has 0 spiro atoms. The zero-order valence-electron chi connectivity index (χ0n) is 8.47. The summed E-state index contributed by atoms with van der Waals surface area (Å²) in [6.07, 6.45) is 1.47. The van der Waals surface area contributed by atoms with Gasteiger partial charge in [-0.25, -0.2) is 9.37 Å². The lowest BCUT2D eigenvalue weighted by atomic mass is 10.2. The Balaban J connectivity index is 2.90. The molecule has 3 nitrogen and oxygen atoms in total. The number of halogens is 1. The largest absolute Gasteiger partial charge is 0.348 e. The molecule has 0 atom stereocenters. The lowest BCUT2D eigenvalue weighted by Gasteiger charge is -2.08. The van der Waals surface area contributed by atoms with E-state index in [1.165, 1.54) is 12.3 Å². The van der Waals surface area contributed by atoms with Gasteiger partial charge in [0.2, 0.25) is 0 Å². The van der Waals surface area contributed by atoms with E-state index in [4.69, 9.17) is 0 Å². The van der Waals surface area contributed by atoms with Crippen molar-refractivity contribution in [3.63, 3.8) is 0 Å². The molecule has 14 heavy (non-hydrogen) atoms. The Bertz CT molecular complexity index is 350. The third kappa shape index (κ3) is 2.52. The number of hydrogen-bond donors (Lipinski definition) is 1. The molecule has 0 aromatic carbocycles. The highest BCUT2D eigenvalue weighted by molar-refractivity contribution is 5.92. The van der Waals surface area contributed by atoms with Crippen molar-refractivity contribution in [2.45, 2.75) is 26.8 Å². The highest BCUT2D eigenvalue weighted by Crippen LogP contribution is 2.06. The lowest BCUT2D eigenvalue weighted by Crippen LogP contribution is -2.31. The summed E-state index contributed by atoms with van der Waals surface area (Å²) in [5.41, 5.74) is 0.549. The number of nitrogens with zero attached hydrogens (tertiary/aromatic N) is 1. The summed E-state index contributed by atoms with van der Waals surface area (Å²) in [5.74, 6) is -1.05. The maximum Gasteiger partial charge on any atom is 0.273 e. The number of aryl methyl sites for hydroxylation is 1. The van der Waals surface area contributed by atoms with Crippen molar-refractivity contribution in [3.8, 4) is 0 Å². The number of rotatable bonds is 2. The monoisotopic (exact) mass is 196 g/mol. The van der Waals surface area contributed by atoms with Crippen molar-refractivity contribution in [3.05, 3.63) is 29.3 Å². The molecule has 0 saturated carbocycles. The standard InChI is InChI=1S/C10H13FN2O/c1-6(2)13-10(14)9-8(11)4-7(3)5-12-9/h4-6H,1-3H3,(H,13,14). The second-order valence-corrected chi connectivity index (χ2v) is 3.47. The van der Waals surface area contributed by atoms with Gasteiger partial charge >= 0.3 is 0 Å². The Hall–Kier alpha value is -1.45. The first-order chi connectivity index (χ1) is 6.50. The van der Waals surface area contributed by atoms with E-state index in [0.717, 1.165) is 0 Å². The van der Waals surface area contributed by atoms with Gasteiger partial charge in [0.1, 0.15) is 0 Å². The average molecular weight is 196 g/mol. The van der Waals surface area contributed by atoms with Gasteiger partial charge in [-0.05, 0) is 32.4 Å². The second-order valence-electron chi connectivity index (χ2n) is 3.47. The molecule has 1 amide bonds. The smallest absolute Gasteiger partial charge is 0.273 e. The normalized spacial score (nSPS) is 10.4. The van der Waals surface area contributed by atoms with Crippen LogP contribution in [0.3, 0.4) is 0 Å². The molecule has 0 radical (unpaired) electrons. The van der Waals surface area contributed by atoms with Crippen LogP contribution in [0.2, 0.25) is 0 Å². The van der Waals surface area contributed by atoms with E-state index in [1.807, 2.05) is 13.8 Å². The molecule has 0 bridgehead atoms. The zero-order valence-corrected chi connectivity index (χ0v) is 8.47. The third-order valence-corrected chi connectivity index (χ3v) is 1.61. The number of hydrogen-bond acceptors (Lipinski definition) is 2. The lowest BCUT2D eigenvalue weighted by molar-refractivity contribution is 0.0933. The van der Waals surface area contributed by atoms with Gasteiger partial charge in [0.25, 0.3) is 5.91 Å². The molecule has 0 fully saturated rings. The number of nitrogens with one attached hydrogen (secondary N) is 1. The maximum atomic E-state index is 13.2. The SMILES string of the molecule is Cc1cnc(C(=O)NC(C)C)c(F)c1. The summed E-state index contributed by atoms with van der Waals surface area (Å²) in [6.45, 7) is 5.34. The Labute approximate surface area is 82.4 Å². The van der Waals surface area contributed by atoms with E-state index >= 15 is 0 Å². The van der Waals surface area contributed by atoms with Gasteiger partial charge in [0.15, 0.2) is 11.5 Å². The molecule has 76 valence electrons. The maximum absolute atomic E-state index is 13.2. The van der Waals surface area contributed by atoms with Crippen molar-refractivity contribution in [1.29, 1.82) is 0 Å². The van der Waals surface area contributed by atoms with Crippen molar-refractivity contribution in [2.24, 2.45) is 0 Å². The fourth-order valence-corrected chi connectivity index (χ4v) is 1.03. The molecule has 1 heterocycles. The molecular weight excluding hydrogens is 183 g/mol. The topological polar surface area (TPSA) is 42.0 Å². The third-order valence-electron chi connectivity index (χ3n) is 1.61. The number of amides is 1. The van der Waals surface area contributed by atoms with E-state index < -0.39 is 11.7 Å². The van der Waals surface area contributed by atoms with E-state index in [9.17, 15) is 9.18 Å². The minimum Gasteiger partial charge on any atom is -0.348 e. The minimum absolute atomic E-state index is 0.0231. The molecule has 0 aliphatic carbocycles. The summed E-state index contributed by atoms with van der Waals surface area (Å²) in [5, 5.41) is 2.58. The number of carbonyl (C=O) groups excluding carboxylic acids is 1. The van der Waals surface area contributed by atoms with Crippen LogP contribution >= 0.6 is 0 Å². The second kappa shape index (κ2) is 4.17. The van der Waals surface area contributed by atoms with Crippen LogP contribution in [0, 0.1) is 12.7 Å². The van der Waals surface area contributed by atoms with Crippen LogP contribution in [-0.2, 0) is 0 Å². The number of pyridine rings is 1. The summed E-state index contributed by atoms with van der Waals surface area (Å²) in [6, 6.07) is 1.27. The highest BCUT2D eigenvalue weighted by atomic mass is 19.1. The fraction of sp³-hybridized carbons (Fsp3) is 0.400. The van der Waals surface area contributed by atoms with Crippen molar-refractivity contribution in [2.75, 3.05) is 0 Å². The van der Waals surface area contributed by atoms with Crippen LogP contribution in [0.25, 0.3) is 0 Å². The summed E-state index contributed by atoms with van der Waals surface area (Å²) in [7, 11) is 0. The van der Waals surface area contributed by atoms with Crippen molar-refractivity contribution >= 4 is 5.91 Å². The van der Waals surface area contributed by atoms with Crippen LogP contribution in [0.4, 0.5) is 4.39 Å². The summed E-state index contributed by atoms with van der Waals surface area (Å²) < 4.78 is 13.2. The Kier molecular flexibility index (Phi) is 3.17.